The molecule has 0 unspecified atom stereocenters. The maximum absolute atomic E-state index is 4.88. The summed E-state index contributed by atoms with van der Waals surface area (Å²) in [6.07, 6.45) is 11.2. The molecular formula is C23H21N7. The normalized spacial score (nSPS) is 14.6. The summed E-state index contributed by atoms with van der Waals surface area (Å²) in [6, 6.07) is 10.1. The van der Waals surface area contributed by atoms with Crippen LogP contribution >= 0.6 is 0 Å². The Balaban J connectivity index is 1.47. The van der Waals surface area contributed by atoms with Gasteiger partial charge in [-0.05, 0) is 49.6 Å². The minimum absolute atomic E-state index is 0.816. The van der Waals surface area contributed by atoms with E-state index in [-0.39, 0.29) is 0 Å². The average Bonchev–Trinajstić information content (AvgIpc) is 3.43. The lowest BCUT2D eigenvalue weighted by Gasteiger charge is -2.28. The van der Waals surface area contributed by atoms with E-state index in [9.17, 15) is 0 Å². The van der Waals surface area contributed by atoms with Gasteiger partial charge in [-0.3, -0.25) is 15.1 Å². The fourth-order valence-electron chi connectivity index (χ4n) is 4.31. The van der Waals surface area contributed by atoms with Gasteiger partial charge < -0.3 is 9.88 Å². The van der Waals surface area contributed by atoms with Crippen LogP contribution in [0.2, 0.25) is 0 Å². The van der Waals surface area contributed by atoms with Crippen LogP contribution in [-0.2, 0) is 0 Å². The van der Waals surface area contributed by atoms with Crippen LogP contribution in [0.3, 0.4) is 0 Å². The SMILES string of the molecule is c1cncc(-c2ccc3[nH]nc(-c4cc5c(N6CCCCC6)cncc5[nH]4)c3n2)c1. The van der Waals surface area contributed by atoms with Crippen LogP contribution in [0.4, 0.5) is 5.69 Å². The molecule has 0 saturated carbocycles. The van der Waals surface area contributed by atoms with Crippen molar-refractivity contribution >= 4 is 27.6 Å². The summed E-state index contributed by atoms with van der Waals surface area (Å²) in [5.74, 6) is 0. The lowest BCUT2D eigenvalue weighted by molar-refractivity contribution is 0.578. The largest absolute Gasteiger partial charge is 0.370 e. The molecule has 0 radical (unpaired) electrons. The molecule has 0 aliphatic carbocycles. The van der Waals surface area contributed by atoms with Gasteiger partial charge in [0.05, 0.1) is 40.5 Å². The highest BCUT2D eigenvalue weighted by Crippen LogP contribution is 2.33. The van der Waals surface area contributed by atoms with E-state index in [0.29, 0.717) is 0 Å². The van der Waals surface area contributed by atoms with Crippen LogP contribution < -0.4 is 4.90 Å². The smallest absolute Gasteiger partial charge is 0.135 e. The summed E-state index contributed by atoms with van der Waals surface area (Å²) in [5.41, 5.74) is 7.59. The van der Waals surface area contributed by atoms with Gasteiger partial charge in [0, 0.05) is 36.4 Å². The van der Waals surface area contributed by atoms with Gasteiger partial charge in [0.15, 0.2) is 0 Å². The van der Waals surface area contributed by atoms with E-state index in [1.54, 1.807) is 6.20 Å². The first kappa shape index (κ1) is 17.1. The van der Waals surface area contributed by atoms with E-state index < -0.39 is 0 Å². The van der Waals surface area contributed by atoms with Gasteiger partial charge in [-0.1, -0.05) is 0 Å². The van der Waals surface area contributed by atoms with Crippen molar-refractivity contribution in [1.82, 2.24) is 30.1 Å². The Morgan fingerprint density at radius 1 is 0.900 bits per heavy atom. The number of H-pyrrole nitrogens is 2. The molecular weight excluding hydrogens is 374 g/mol. The third-order valence-corrected chi connectivity index (χ3v) is 5.84. The van der Waals surface area contributed by atoms with Gasteiger partial charge in [0.25, 0.3) is 0 Å². The Labute approximate surface area is 173 Å². The number of piperidine rings is 1. The molecule has 5 aromatic heterocycles. The number of aromatic amines is 2. The summed E-state index contributed by atoms with van der Waals surface area (Å²) >= 11 is 0. The standard InChI is InChI=1S/C23H21N7/c1-2-9-30(10-3-1)21-14-25-13-20-16(21)11-19(26-20)23-22-18(28-29-23)7-6-17(27-22)15-5-4-8-24-12-15/h4-8,11-14,26H,1-3,9-10H2,(H,28,29). The third kappa shape index (κ3) is 2.82. The van der Waals surface area contributed by atoms with E-state index in [0.717, 1.165) is 52.3 Å². The molecule has 6 rings (SSSR count). The molecule has 1 aliphatic rings. The van der Waals surface area contributed by atoms with Crippen molar-refractivity contribution in [2.45, 2.75) is 19.3 Å². The minimum atomic E-state index is 0.816. The molecule has 0 spiro atoms. The molecule has 6 heterocycles. The number of rotatable bonds is 3. The minimum Gasteiger partial charge on any atom is -0.370 e. The van der Waals surface area contributed by atoms with Crippen molar-refractivity contribution in [2.24, 2.45) is 0 Å². The van der Waals surface area contributed by atoms with Gasteiger partial charge in [0.1, 0.15) is 11.2 Å². The molecule has 0 aromatic carbocycles. The van der Waals surface area contributed by atoms with Crippen molar-refractivity contribution in [2.75, 3.05) is 18.0 Å². The van der Waals surface area contributed by atoms with Gasteiger partial charge >= 0.3 is 0 Å². The maximum atomic E-state index is 4.88. The van der Waals surface area contributed by atoms with E-state index in [1.165, 1.54) is 30.3 Å². The number of aromatic nitrogens is 6. The molecule has 5 aromatic rings. The second kappa shape index (κ2) is 6.95. The maximum Gasteiger partial charge on any atom is 0.135 e. The number of fused-ring (bicyclic) bond motifs is 2. The van der Waals surface area contributed by atoms with Crippen molar-refractivity contribution in [1.29, 1.82) is 0 Å². The monoisotopic (exact) mass is 395 g/mol. The number of hydrogen-bond acceptors (Lipinski definition) is 5. The molecule has 7 heteroatoms. The van der Waals surface area contributed by atoms with Crippen molar-refractivity contribution in [3.05, 3.63) is 55.1 Å². The fourth-order valence-corrected chi connectivity index (χ4v) is 4.31. The van der Waals surface area contributed by atoms with Crippen LogP contribution in [-0.4, -0.2) is 43.2 Å². The number of pyridine rings is 3. The predicted octanol–water partition coefficient (Wildman–Crippen LogP) is 4.55. The summed E-state index contributed by atoms with van der Waals surface area (Å²) in [7, 11) is 0. The highest BCUT2D eigenvalue weighted by Gasteiger charge is 2.18. The van der Waals surface area contributed by atoms with Gasteiger partial charge in [0.2, 0.25) is 0 Å². The Bertz CT molecular complexity index is 1330. The third-order valence-electron chi connectivity index (χ3n) is 5.84. The number of hydrogen-bond donors (Lipinski definition) is 2. The quantitative estimate of drug-likeness (QED) is 0.468. The first-order chi connectivity index (χ1) is 14.9. The van der Waals surface area contributed by atoms with Crippen LogP contribution in [0.5, 0.6) is 0 Å². The lowest BCUT2D eigenvalue weighted by Crippen LogP contribution is -2.29. The fraction of sp³-hybridized carbons (Fsp3) is 0.217. The number of anilines is 1. The Hall–Kier alpha value is -3.74. The van der Waals surface area contributed by atoms with Gasteiger partial charge in [-0.15, -0.1) is 0 Å². The zero-order valence-electron chi connectivity index (χ0n) is 16.5. The molecule has 0 amide bonds. The van der Waals surface area contributed by atoms with E-state index in [1.807, 2.05) is 42.9 Å². The van der Waals surface area contributed by atoms with Gasteiger partial charge in [-0.2, -0.15) is 5.10 Å². The average molecular weight is 395 g/mol. The van der Waals surface area contributed by atoms with E-state index >= 15 is 0 Å². The second-order valence-electron chi connectivity index (χ2n) is 7.76. The Kier molecular flexibility index (Phi) is 3.97. The lowest BCUT2D eigenvalue weighted by atomic mass is 10.1. The summed E-state index contributed by atoms with van der Waals surface area (Å²) < 4.78 is 0. The summed E-state index contributed by atoms with van der Waals surface area (Å²) in [5, 5.41) is 8.86. The highest BCUT2D eigenvalue weighted by atomic mass is 15.1. The molecule has 0 atom stereocenters. The molecule has 7 nitrogen and oxygen atoms in total. The zero-order chi connectivity index (χ0) is 19.9. The molecule has 1 saturated heterocycles. The van der Waals surface area contributed by atoms with E-state index in [2.05, 4.69) is 36.1 Å². The van der Waals surface area contributed by atoms with Gasteiger partial charge in [-0.25, -0.2) is 4.98 Å². The van der Waals surface area contributed by atoms with Crippen LogP contribution in [0.25, 0.3) is 44.6 Å². The van der Waals surface area contributed by atoms with Crippen LogP contribution in [0, 0.1) is 0 Å². The summed E-state index contributed by atoms with van der Waals surface area (Å²) in [6.45, 7) is 2.17. The van der Waals surface area contributed by atoms with Crippen LogP contribution in [0.1, 0.15) is 19.3 Å². The molecule has 1 aliphatic heterocycles. The number of nitrogens with zero attached hydrogens (tertiary/aromatic N) is 5. The molecule has 30 heavy (non-hydrogen) atoms. The van der Waals surface area contributed by atoms with Crippen molar-refractivity contribution in [3.63, 3.8) is 0 Å². The van der Waals surface area contributed by atoms with E-state index in [4.69, 9.17) is 4.98 Å². The number of nitrogens with one attached hydrogen (secondary N) is 2. The zero-order valence-corrected chi connectivity index (χ0v) is 16.5. The topological polar surface area (TPSA) is 86.4 Å². The Morgan fingerprint density at radius 2 is 1.83 bits per heavy atom. The van der Waals surface area contributed by atoms with Crippen molar-refractivity contribution in [3.8, 4) is 22.6 Å². The second-order valence-corrected chi connectivity index (χ2v) is 7.76. The molecule has 0 bridgehead atoms. The van der Waals surface area contributed by atoms with Crippen molar-refractivity contribution < 1.29 is 0 Å². The first-order valence-corrected chi connectivity index (χ1v) is 10.3. The predicted molar refractivity (Wildman–Crippen MR) is 118 cm³/mol. The summed E-state index contributed by atoms with van der Waals surface area (Å²) in [4.78, 5) is 19.5. The molecule has 148 valence electrons. The highest BCUT2D eigenvalue weighted by molar-refractivity contribution is 5.98. The first-order valence-electron chi connectivity index (χ1n) is 10.3. The van der Waals surface area contributed by atoms with Crippen LogP contribution in [0.15, 0.2) is 55.1 Å². The molecule has 2 N–H and O–H groups in total. The molecule has 1 fully saturated rings. The Morgan fingerprint density at radius 3 is 2.70 bits per heavy atom.